The highest BCUT2D eigenvalue weighted by atomic mass is 79.9. The highest BCUT2D eigenvalue weighted by Gasteiger charge is 2.03. The summed E-state index contributed by atoms with van der Waals surface area (Å²) in [6.07, 6.45) is 0.598. The fourth-order valence-electron chi connectivity index (χ4n) is 1.16. The lowest BCUT2D eigenvalue weighted by Gasteiger charge is -2.08. The van der Waals surface area contributed by atoms with Gasteiger partial charge in [-0.05, 0) is 18.2 Å². The number of halogens is 1. The van der Waals surface area contributed by atoms with Crippen molar-refractivity contribution in [3.8, 4) is 11.8 Å². The van der Waals surface area contributed by atoms with Gasteiger partial charge in [-0.2, -0.15) is 17.0 Å². The van der Waals surface area contributed by atoms with Gasteiger partial charge >= 0.3 is 0 Å². The smallest absolute Gasteiger partial charge is 0.122 e. The summed E-state index contributed by atoms with van der Waals surface area (Å²) >= 11 is 5.18. The van der Waals surface area contributed by atoms with E-state index in [-0.39, 0.29) is 0 Å². The molecule has 80 valence electrons. The summed E-state index contributed by atoms with van der Waals surface area (Å²) in [6, 6.07) is 8.10. The maximum atomic E-state index is 8.41. The van der Waals surface area contributed by atoms with Crippen LogP contribution in [-0.2, 0) is 5.75 Å². The van der Waals surface area contributed by atoms with Crippen molar-refractivity contribution >= 4 is 27.7 Å². The van der Waals surface area contributed by atoms with Crippen LogP contribution in [0, 0.1) is 11.3 Å². The van der Waals surface area contributed by atoms with Gasteiger partial charge < -0.3 is 4.74 Å². The van der Waals surface area contributed by atoms with E-state index in [4.69, 9.17) is 10.00 Å². The van der Waals surface area contributed by atoms with Crippen LogP contribution in [-0.4, -0.2) is 12.9 Å². The van der Waals surface area contributed by atoms with E-state index in [2.05, 4.69) is 28.1 Å². The van der Waals surface area contributed by atoms with Crippen LogP contribution in [0.5, 0.6) is 5.75 Å². The van der Waals surface area contributed by atoms with Crippen molar-refractivity contribution in [2.75, 3.05) is 12.9 Å². The van der Waals surface area contributed by atoms with Gasteiger partial charge in [0.2, 0.25) is 0 Å². The van der Waals surface area contributed by atoms with E-state index < -0.39 is 0 Å². The lowest BCUT2D eigenvalue weighted by molar-refractivity contribution is 0.411. The number of rotatable bonds is 5. The van der Waals surface area contributed by atoms with Gasteiger partial charge in [-0.3, -0.25) is 0 Å². The molecule has 0 aliphatic rings. The standard InChI is InChI=1S/C11H12BrNOS/c1-14-11-4-3-10(12)7-9(11)8-15-6-2-5-13/h3-4,7H,2,6,8H2,1H3. The maximum Gasteiger partial charge on any atom is 0.122 e. The second kappa shape index (κ2) is 6.76. The van der Waals surface area contributed by atoms with Gasteiger partial charge in [0.1, 0.15) is 5.75 Å². The molecule has 0 fully saturated rings. The Bertz CT molecular complexity index is 362. The molecule has 0 aliphatic carbocycles. The van der Waals surface area contributed by atoms with Gasteiger partial charge in [0, 0.05) is 28.0 Å². The molecule has 2 nitrogen and oxygen atoms in total. The van der Waals surface area contributed by atoms with Crippen LogP contribution in [0.4, 0.5) is 0 Å². The summed E-state index contributed by atoms with van der Waals surface area (Å²) in [5.41, 5.74) is 1.16. The third kappa shape index (κ3) is 4.15. The van der Waals surface area contributed by atoms with E-state index in [0.29, 0.717) is 6.42 Å². The van der Waals surface area contributed by atoms with Gasteiger partial charge in [0.25, 0.3) is 0 Å². The zero-order chi connectivity index (χ0) is 11.1. The Hall–Kier alpha value is -0.660. The van der Waals surface area contributed by atoms with Crippen LogP contribution >= 0.6 is 27.7 Å². The molecule has 0 heterocycles. The van der Waals surface area contributed by atoms with Crippen LogP contribution in [0.1, 0.15) is 12.0 Å². The highest BCUT2D eigenvalue weighted by Crippen LogP contribution is 2.26. The van der Waals surface area contributed by atoms with Crippen LogP contribution in [0.2, 0.25) is 0 Å². The fraction of sp³-hybridized carbons (Fsp3) is 0.364. The molecule has 0 saturated heterocycles. The molecule has 0 aromatic heterocycles. The summed E-state index contributed by atoms with van der Waals surface area (Å²) < 4.78 is 6.31. The number of methoxy groups -OCH3 is 1. The Morgan fingerprint density at radius 2 is 2.33 bits per heavy atom. The van der Waals surface area contributed by atoms with Gasteiger partial charge in [-0.15, -0.1) is 0 Å². The van der Waals surface area contributed by atoms with Crippen molar-refractivity contribution < 1.29 is 4.74 Å². The molecular formula is C11H12BrNOS. The number of thioether (sulfide) groups is 1. The average Bonchev–Trinajstić information content (AvgIpc) is 2.25. The first kappa shape index (κ1) is 12.4. The monoisotopic (exact) mass is 285 g/mol. The summed E-state index contributed by atoms with van der Waals surface area (Å²) in [4.78, 5) is 0. The Kier molecular flexibility index (Phi) is 5.59. The number of hydrogen-bond acceptors (Lipinski definition) is 3. The zero-order valence-electron chi connectivity index (χ0n) is 8.50. The molecule has 15 heavy (non-hydrogen) atoms. The Morgan fingerprint density at radius 3 is 3.00 bits per heavy atom. The van der Waals surface area contributed by atoms with E-state index >= 15 is 0 Å². The predicted octanol–water partition coefficient (Wildman–Crippen LogP) is 3.60. The second-order valence-corrected chi connectivity index (χ2v) is 4.94. The molecule has 1 rings (SSSR count). The molecule has 4 heteroatoms. The van der Waals surface area contributed by atoms with Crippen molar-refractivity contribution in [3.05, 3.63) is 28.2 Å². The zero-order valence-corrected chi connectivity index (χ0v) is 10.9. The van der Waals surface area contributed by atoms with Crippen LogP contribution in [0.15, 0.2) is 22.7 Å². The molecule has 0 aliphatic heterocycles. The quantitative estimate of drug-likeness (QED) is 0.775. The number of benzene rings is 1. The first-order chi connectivity index (χ1) is 7.27. The van der Waals surface area contributed by atoms with E-state index in [9.17, 15) is 0 Å². The highest BCUT2D eigenvalue weighted by molar-refractivity contribution is 9.10. The lowest BCUT2D eigenvalue weighted by atomic mass is 10.2. The van der Waals surface area contributed by atoms with Crippen molar-refractivity contribution in [1.29, 1.82) is 5.26 Å². The largest absolute Gasteiger partial charge is 0.496 e. The number of nitrogens with zero attached hydrogens (tertiary/aromatic N) is 1. The first-order valence-electron chi connectivity index (χ1n) is 4.55. The minimum absolute atomic E-state index is 0.598. The number of hydrogen-bond donors (Lipinski definition) is 0. The van der Waals surface area contributed by atoms with E-state index in [0.717, 1.165) is 27.3 Å². The Morgan fingerprint density at radius 1 is 1.53 bits per heavy atom. The molecule has 0 radical (unpaired) electrons. The van der Waals surface area contributed by atoms with Crippen LogP contribution in [0.25, 0.3) is 0 Å². The third-order valence-corrected chi connectivity index (χ3v) is 3.36. The lowest BCUT2D eigenvalue weighted by Crippen LogP contribution is -1.91. The van der Waals surface area contributed by atoms with Crippen molar-refractivity contribution in [2.24, 2.45) is 0 Å². The molecule has 1 aromatic carbocycles. The summed E-state index contributed by atoms with van der Waals surface area (Å²) in [5.74, 6) is 2.65. The molecule has 0 bridgehead atoms. The van der Waals surface area contributed by atoms with Gasteiger partial charge in [0.05, 0.1) is 13.2 Å². The summed E-state index contributed by atoms with van der Waals surface area (Å²) in [6.45, 7) is 0. The average molecular weight is 286 g/mol. The van der Waals surface area contributed by atoms with Gasteiger partial charge in [0.15, 0.2) is 0 Å². The van der Waals surface area contributed by atoms with E-state index in [1.165, 1.54) is 0 Å². The number of ether oxygens (including phenoxy) is 1. The van der Waals surface area contributed by atoms with E-state index in [1.54, 1.807) is 18.9 Å². The van der Waals surface area contributed by atoms with Crippen molar-refractivity contribution in [3.63, 3.8) is 0 Å². The minimum atomic E-state index is 0.598. The molecule has 0 saturated carbocycles. The predicted molar refractivity (Wildman–Crippen MR) is 67.1 cm³/mol. The second-order valence-electron chi connectivity index (χ2n) is 2.92. The molecule has 0 unspecified atom stereocenters. The van der Waals surface area contributed by atoms with E-state index in [1.807, 2.05) is 12.1 Å². The summed E-state index contributed by atoms with van der Waals surface area (Å²) in [7, 11) is 1.67. The maximum absolute atomic E-state index is 8.41. The summed E-state index contributed by atoms with van der Waals surface area (Å²) in [5, 5.41) is 8.41. The molecule has 0 amide bonds. The number of nitriles is 1. The van der Waals surface area contributed by atoms with Crippen LogP contribution in [0.3, 0.4) is 0 Å². The van der Waals surface area contributed by atoms with Crippen molar-refractivity contribution in [2.45, 2.75) is 12.2 Å². The molecule has 0 spiro atoms. The van der Waals surface area contributed by atoms with Crippen LogP contribution < -0.4 is 4.74 Å². The molecular weight excluding hydrogens is 274 g/mol. The normalized spacial score (nSPS) is 9.67. The topological polar surface area (TPSA) is 33.0 Å². The Balaban J connectivity index is 2.58. The SMILES string of the molecule is COc1ccc(Br)cc1CSCCC#N. The first-order valence-corrected chi connectivity index (χ1v) is 6.50. The van der Waals surface area contributed by atoms with Crippen molar-refractivity contribution in [1.82, 2.24) is 0 Å². The molecule has 0 N–H and O–H groups in total. The van der Waals surface area contributed by atoms with Gasteiger partial charge in [-0.25, -0.2) is 0 Å². The third-order valence-electron chi connectivity index (χ3n) is 1.86. The van der Waals surface area contributed by atoms with Gasteiger partial charge in [-0.1, -0.05) is 15.9 Å². The Labute approximate surface area is 103 Å². The fourth-order valence-corrected chi connectivity index (χ4v) is 2.39. The molecule has 1 aromatic rings. The minimum Gasteiger partial charge on any atom is -0.496 e. The molecule has 0 atom stereocenters.